The van der Waals surface area contributed by atoms with Gasteiger partial charge in [-0.15, -0.1) is 0 Å². The molecule has 1 saturated heterocycles. The Bertz CT molecular complexity index is 168. The molecule has 0 N–H and O–H groups in total. The van der Waals surface area contributed by atoms with Crippen molar-refractivity contribution >= 4 is 6.41 Å². The molecule has 0 unspecified atom stereocenters. The number of carbonyl (C=O) groups excluding carboxylic acids is 1. The molecule has 1 amide bonds. The van der Waals surface area contributed by atoms with Gasteiger partial charge in [0.25, 0.3) is 0 Å². The average Bonchev–Trinajstić information content (AvgIpc) is 2.07. The minimum atomic E-state index is 0.228. The number of amides is 1. The van der Waals surface area contributed by atoms with Crippen molar-refractivity contribution in [3.63, 3.8) is 0 Å². The van der Waals surface area contributed by atoms with Crippen molar-refractivity contribution in [1.82, 2.24) is 9.80 Å². The molecular formula is C9H18N2O. The predicted octanol–water partition coefficient (Wildman–Crippen LogP) is 0.416. The van der Waals surface area contributed by atoms with Crippen LogP contribution in [0.4, 0.5) is 0 Å². The Labute approximate surface area is 74.3 Å². The quantitative estimate of drug-likeness (QED) is 0.532. The van der Waals surface area contributed by atoms with Gasteiger partial charge in [-0.05, 0) is 12.5 Å². The van der Waals surface area contributed by atoms with Crippen LogP contribution < -0.4 is 0 Å². The molecule has 3 nitrogen and oxygen atoms in total. The number of hydrogen-bond donors (Lipinski definition) is 0. The molecule has 1 aliphatic heterocycles. The second-order valence-corrected chi connectivity index (χ2v) is 4.48. The van der Waals surface area contributed by atoms with Crippen LogP contribution in [0.5, 0.6) is 0 Å². The third-order valence-electron chi connectivity index (χ3n) is 2.25. The van der Waals surface area contributed by atoms with E-state index in [4.69, 9.17) is 0 Å². The van der Waals surface area contributed by atoms with Crippen LogP contribution in [0.25, 0.3) is 0 Å². The number of rotatable bonds is 1. The maximum atomic E-state index is 10.6. The topological polar surface area (TPSA) is 23.6 Å². The van der Waals surface area contributed by atoms with Crippen molar-refractivity contribution in [3.8, 4) is 0 Å². The Balaban J connectivity index is 2.62. The summed E-state index contributed by atoms with van der Waals surface area (Å²) in [7, 11) is 2.11. The van der Waals surface area contributed by atoms with Crippen LogP contribution >= 0.6 is 0 Å². The van der Waals surface area contributed by atoms with E-state index in [1.165, 1.54) is 0 Å². The second-order valence-electron chi connectivity index (χ2n) is 4.48. The normalized spacial score (nSPS) is 25.1. The smallest absolute Gasteiger partial charge is 0.209 e. The van der Waals surface area contributed by atoms with Gasteiger partial charge in [0, 0.05) is 26.2 Å². The van der Waals surface area contributed by atoms with Gasteiger partial charge in [0.15, 0.2) is 0 Å². The van der Waals surface area contributed by atoms with E-state index in [0.29, 0.717) is 0 Å². The standard InChI is InChI=1S/C9H18N2O/c1-9(2)6-10(3)4-5-11(7-9)8-12/h8H,4-7H2,1-3H3. The third kappa shape index (κ3) is 2.48. The van der Waals surface area contributed by atoms with Crippen molar-refractivity contribution in [3.05, 3.63) is 0 Å². The molecule has 70 valence electrons. The lowest BCUT2D eigenvalue weighted by Crippen LogP contribution is -2.34. The summed E-state index contributed by atoms with van der Waals surface area (Å²) >= 11 is 0. The maximum absolute atomic E-state index is 10.6. The molecular weight excluding hydrogens is 152 g/mol. The first kappa shape index (κ1) is 9.52. The number of carbonyl (C=O) groups is 1. The van der Waals surface area contributed by atoms with Gasteiger partial charge in [0.05, 0.1) is 0 Å². The summed E-state index contributed by atoms with van der Waals surface area (Å²) in [5.74, 6) is 0. The fourth-order valence-corrected chi connectivity index (χ4v) is 1.88. The van der Waals surface area contributed by atoms with Crippen LogP contribution in [0.3, 0.4) is 0 Å². The highest BCUT2D eigenvalue weighted by molar-refractivity contribution is 5.47. The molecule has 0 aromatic heterocycles. The minimum Gasteiger partial charge on any atom is -0.343 e. The Morgan fingerprint density at radius 1 is 1.25 bits per heavy atom. The molecule has 0 aromatic carbocycles. The molecule has 1 rings (SSSR count). The van der Waals surface area contributed by atoms with E-state index < -0.39 is 0 Å². The Morgan fingerprint density at radius 2 is 1.92 bits per heavy atom. The highest BCUT2D eigenvalue weighted by Crippen LogP contribution is 2.19. The van der Waals surface area contributed by atoms with Gasteiger partial charge in [0.2, 0.25) is 6.41 Å². The third-order valence-corrected chi connectivity index (χ3v) is 2.25. The first-order chi connectivity index (χ1) is 5.53. The van der Waals surface area contributed by atoms with Crippen LogP contribution in [0.2, 0.25) is 0 Å². The fourth-order valence-electron chi connectivity index (χ4n) is 1.88. The van der Waals surface area contributed by atoms with Gasteiger partial charge in [0.1, 0.15) is 0 Å². The molecule has 0 atom stereocenters. The molecule has 12 heavy (non-hydrogen) atoms. The van der Waals surface area contributed by atoms with E-state index in [1.54, 1.807) is 0 Å². The summed E-state index contributed by atoms with van der Waals surface area (Å²) < 4.78 is 0. The number of nitrogens with zero attached hydrogens (tertiary/aromatic N) is 2. The van der Waals surface area contributed by atoms with Gasteiger partial charge in [-0.2, -0.15) is 0 Å². The monoisotopic (exact) mass is 170 g/mol. The molecule has 0 aromatic rings. The molecule has 0 spiro atoms. The van der Waals surface area contributed by atoms with Gasteiger partial charge < -0.3 is 9.80 Å². The van der Waals surface area contributed by atoms with Crippen LogP contribution in [-0.2, 0) is 4.79 Å². The lowest BCUT2D eigenvalue weighted by molar-refractivity contribution is -0.118. The van der Waals surface area contributed by atoms with Crippen LogP contribution in [-0.4, -0.2) is 49.4 Å². The van der Waals surface area contributed by atoms with Gasteiger partial charge in [-0.3, -0.25) is 4.79 Å². The van der Waals surface area contributed by atoms with E-state index in [0.717, 1.165) is 32.6 Å². The summed E-state index contributed by atoms with van der Waals surface area (Å²) in [6.07, 6.45) is 0.959. The maximum Gasteiger partial charge on any atom is 0.209 e. The van der Waals surface area contributed by atoms with E-state index in [1.807, 2.05) is 4.90 Å². The summed E-state index contributed by atoms with van der Waals surface area (Å²) in [5, 5.41) is 0. The second kappa shape index (κ2) is 3.44. The minimum absolute atomic E-state index is 0.228. The van der Waals surface area contributed by atoms with Gasteiger partial charge >= 0.3 is 0 Å². The first-order valence-corrected chi connectivity index (χ1v) is 4.41. The zero-order chi connectivity index (χ0) is 9.19. The Hall–Kier alpha value is -0.570. The summed E-state index contributed by atoms with van der Waals surface area (Å²) in [6, 6.07) is 0. The lowest BCUT2D eigenvalue weighted by atomic mass is 9.93. The van der Waals surface area contributed by atoms with E-state index in [2.05, 4.69) is 25.8 Å². The fraction of sp³-hybridized carbons (Fsp3) is 0.889. The molecule has 0 radical (unpaired) electrons. The highest BCUT2D eigenvalue weighted by Gasteiger charge is 2.26. The predicted molar refractivity (Wildman–Crippen MR) is 48.9 cm³/mol. The first-order valence-electron chi connectivity index (χ1n) is 4.41. The molecule has 0 bridgehead atoms. The molecule has 1 aliphatic rings. The molecule has 0 aliphatic carbocycles. The molecule has 1 heterocycles. The summed E-state index contributed by atoms with van der Waals surface area (Å²) in [4.78, 5) is 14.8. The zero-order valence-electron chi connectivity index (χ0n) is 8.21. The SMILES string of the molecule is CN1CCN(C=O)CC(C)(C)C1. The van der Waals surface area contributed by atoms with Gasteiger partial charge in [-0.1, -0.05) is 13.8 Å². The highest BCUT2D eigenvalue weighted by atomic mass is 16.1. The van der Waals surface area contributed by atoms with Crippen LogP contribution in [0.15, 0.2) is 0 Å². The van der Waals surface area contributed by atoms with Crippen molar-refractivity contribution < 1.29 is 4.79 Å². The summed E-state index contributed by atoms with van der Waals surface area (Å²) in [5.41, 5.74) is 0.228. The lowest BCUT2D eigenvalue weighted by Gasteiger charge is -2.27. The Morgan fingerprint density at radius 3 is 2.50 bits per heavy atom. The van der Waals surface area contributed by atoms with Gasteiger partial charge in [-0.25, -0.2) is 0 Å². The van der Waals surface area contributed by atoms with E-state index in [-0.39, 0.29) is 5.41 Å². The van der Waals surface area contributed by atoms with E-state index in [9.17, 15) is 4.79 Å². The van der Waals surface area contributed by atoms with Crippen molar-refractivity contribution in [1.29, 1.82) is 0 Å². The molecule has 3 heteroatoms. The average molecular weight is 170 g/mol. The van der Waals surface area contributed by atoms with Crippen molar-refractivity contribution in [2.75, 3.05) is 33.2 Å². The number of hydrogen-bond acceptors (Lipinski definition) is 2. The molecule has 0 saturated carbocycles. The largest absolute Gasteiger partial charge is 0.343 e. The van der Waals surface area contributed by atoms with E-state index >= 15 is 0 Å². The number of likely N-dealkylation sites (N-methyl/N-ethyl adjacent to an activating group) is 1. The van der Waals surface area contributed by atoms with Crippen LogP contribution in [0.1, 0.15) is 13.8 Å². The van der Waals surface area contributed by atoms with Crippen molar-refractivity contribution in [2.24, 2.45) is 5.41 Å². The van der Waals surface area contributed by atoms with Crippen LogP contribution in [0, 0.1) is 5.41 Å². The summed E-state index contributed by atoms with van der Waals surface area (Å²) in [6.45, 7) is 8.19. The van der Waals surface area contributed by atoms with Crippen molar-refractivity contribution in [2.45, 2.75) is 13.8 Å². The molecule has 1 fully saturated rings. The zero-order valence-corrected chi connectivity index (χ0v) is 8.21. The Kier molecular flexibility index (Phi) is 2.73.